The van der Waals surface area contributed by atoms with Crippen molar-refractivity contribution in [3.8, 4) is 39.9 Å². The Bertz CT molecular complexity index is 3030. The highest BCUT2D eigenvalue weighted by Gasteiger charge is 2.18. The van der Waals surface area contributed by atoms with Crippen LogP contribution in [0.3, 0.4) is 0 Å². The van der Waals surface area contributed by atoms with Crippen molar-refractivity contribution in [3.63, 3.8) is 0 Å². The van der Waals surface area contributed by atoms with Gasteiger partial charge >= 0.3 is 0 Å². The molecule has 51 heavy (non-hydrogen) atoms. The van der Waals surface area contributed by atoms with Crippen molar-refractivity contribution in [1.82, 2.24) is 19.5 Å². The minimum Gasteiger partial charge on any atom is -0.309 e. The Morgan fingerprint density at radius 3 is 1.61 bits per heavy atom. The smallest absolute Gasteiger partial charge is 0.164 e. The lowest BCUT2D eigenvalue weighted by molar-refractivity contribution is 1.07. The summed E-state index contributed by atoms with van der Waals surface area (Å²) in [7, 11) is 0. The molecule has 0 N–H and O–H groups in total. The maximum atomic E-state index is 5.03. The van der Waals surface area contributed by atoms with E-state index in [-0.39, 0.29) is 0 Å². The Morgan fingerprint density at radius 2 is 0.941 bits per heavy atom. The molecule has 0 aliphatic carbocycles. The average molecular weight is 687 g/mol. The molecule has 4 aromatic heterocycles. The second-order valence-corrected chi connectivity index (χ2v) is 15.0. The monoisotopic (exact) mass is 686 g/mol. The van der Waals surface area contributed by atoms with Crippen molar-refractivity contribution >= 4 is 84.8 Å². The molecule has 7 aromatic carbocycles. The molecule has 11 aromatic rings. The molecule has 6 heteroatoms. The standard InChI is InChI=1S/C45H26N4S2/c1-3-11-27(12-4-1)43-46-44(28-13-5-2-6-14-28)48-45(47-43)29-19-23-38-35(25-29)41-39(50-38)24-22-34-33-21-20-30(26-40(33)51-42(34)41)49-36-17-9-7-15-31(36)32-16-8-10-18-37(32)49/h1-26H. The third kappa shape index (κ3) is 4.47. The van der Waals surface area contributed by atoms with Gasteiger partial charge in [0.25, 0.3) is 0 Å². The predicted molar refractivity (Wildman–Crippen MR) is 216 cm³/mol. The molecule has 0 atom stereocenters. The number of benzene rings is 7. The van der Waals surface area contributed by atoms with Crippen LogP contribution in [0.15, 0.2) is 158 Å². The Morgan fingerprint density at radius 1 is 0.373 bits per heavy atom. The van der Waals surface area contributed by atoms with E-state index in [0.29, 0.717) is 17.5 Å². The van der Waals surface area contributed by atoms with Gasteiger partial charge < -0.3 is 4.57 Å². The molecule has 0 aliphatic rings. The van der Waals surface area contributed by atoms with E-state index in [4.69, 9.17) is 15.0 Å². The van der Waals surface area contributed by atoms with Crippen molar-refractivity contribution in [2.45, 2.75) is 0 Å². The number of hydrogen-bond donors (Lipinski definition) is 0. The first-order valence-corrected chi connectivity index (χ1v) is 18.6. The fraction of sp³-hybridized carbons (Fsp3) is 0. The van der Waals surface area contributed by atoms with Crippen LogP contribution in [-0.2, 0) is 0 Å². The van der Waals surface area contributed by atoms with E-state index >= 15 is 0 Å². The molecule has 0 amide bonds. The van der Waals surface area contributed by atoms with Gasteiger partial charge in [0.1, 0.15) is 0 Å². The molecular formula is C45H26N4S2. The van der Waals surface area contributed by atoms with Crippen LogP contribution in [0.25, 0.3) is 102 Å². The van der Waals surface area contributed by atoms with Gasteiger partial charge in [-0.2, -0.15) is 0 Å². The van der Waals surface area contributed by atoms with E-state index in [9.17, 15) is 0 Å². The van der Waals surface area contributed by atoms with Gasteiger partial charge in [0.05, 0.1) is 11.0 Å². The van der Waals surface area contributed by atoms with Gasteiger partial charge in [-0.05, 0) is 48.5 Å². The fourth-order valence-electron chi connectivity index (χ4n) is 7.50. The summed E-state index contributed by atoms with van der Waals surface area (Å²) in [5.74, 6) is 2.00. The molecule has 0 bridgehead atoms. The second kappa shape index (κ2) is 11.2. The summed E-state index contributed by atoms with van der Waals surface area (Å²) in [6.45, 7) is 0. The molecule has 238 valence electrons. The van der Waals surface area contributed by atoms with Gasteiger partial charge in [-0.25, -0.2) is 15.0 Å². The molecular weight excluding hydrogens is 661 g/mol. The number of thiophene rings is 2. The second-order valence-electron chi connectivity index (χ2n) is 12.8. The highest BCUT2D eigenvalue weighted by atomic mass is 32.1. The summed E-state index contributed by atoms with van der Waals surface area (Å²) in [4.78, 5) is 15.0. The fourth-order valence-corrected chi connectivity index (χ4v) is 9.96. The summed E-state index contributed by atoms with van der Waals surface area (Å²) < 4.78 is 7.54. The molecule has 0 saturated heterocycles. The zero-order chi connectivity index (χ0) is 33.5. The Labute approximate surface area is 300 Å². The Kier molecular flexibility index (Phi) is 6.26. The molecule has 4 nitrogen and oxygen atoms in total. The van der Waals surface area contributed by atoms with E-state index in [1.54, 1.807) is 0 Å². The highest BCUT2D eigenvalue weighted by molar-refractivity contribution is 7.29. The van der Waals surface area contributed by atoms with Crippen molar-refractivity contribution < 1.29 is 0 Å². The lowest BCUT2D eigenvalue weighted by Gasteiger charge is -2.08. The first-order valence-electron chi connectivity index (χ1n) is 16.9. The van der Waals surface area contributed by atoms with E-state index in [1.807, 2.05) is 83.3 Å². The minimum absolute atomic E-state index is 0.667. The third-order valence-electron chi connectivity index (χ3n) is 9.85. The summed E-state index contributed by atoms with van der Waals surface area (Å²) >= 11 is 3.73. The van der Waals surface area contributed by atoms with Gasteiger partial charge in [-0.3, -0.25) is 0 Å². The van der Waals surface area contributed by atoms with E-state index < -0.39 is 0 Å². The van der Waals surface area contributed by atoms with Crippen LogP contribution in [0.1, 0.15) is 0 Å². The van der Waals surface area contributed by atoms with Gasteiger partial charge in [-0.15, -0.1) is 22.7 Å². The Balaban J connectivity index is 1.11. The van der Waals surface area contributed by atoms with Crippen molar-refractivity contribution in [3.05, 3.63) is 158 Å². The molecule has 0 saturated carbocycles. The third-order valence-corrected chi connectivity index (χ3v) is 12.2. The van der Waals surface area contributed by atoms with Crippen LogP contribution >= 0.6 is 22.7 Å². The van der Waals surface area contributed by atoms with Gasteiger partial charge in [0, 0.05) is 73.5 Å². The molecule has 0 fully saturated rings. The number of rotatable bonds is 4. The summed E-state index contributed by atoms with van der Waals surface area (Å²) in [6, 6.07) is 55.9. The number of nitrogens with zero attached hydrogens (tertiary/aromatic N) is 4. The molecule has 4 heterocycles. The lowest BCUT2D eigenvalue weighted by atomic mass is 10.1. The summed E-state index contributed by atoms with van der Waals surface area (Å²) in [5, 5.41) is 7.66. The van der Waals surface area contributed by atoms with E-state index in [0.717, 1.165) is 16.7 Å². The quantitative estimate of drug-likeness (QED) is 0.185. The van der Waals surface area contributed by atoms with Gasteiger partial charge in [0.2, 0.25) is 0 Å². The minimum atomic E-state index is 0.667. The number of aromatic nitrogens is 4. The predicted octanol–water partition coefficient (Wildman–Crippen LogP) is 12.7. The van der Waals surface area contributed by atoms with E-state index in [1.165, 1.54) is 67.8 Å². The van der Waals surface area contributed by atoms with Crippen LogP contribution in [0.4, 0.5) is 0 Å². The zero-order valence-electron chi connectivity index (χ0n) is 27.1. The largest absolute Gasteiger partial charge is 0.309 e. The molecule has 11 rings (SSSR count). The highest BCUT2D eigenvalue weighted by Crippen LogP contribution is 2.46. The Hall–Kier alpha value is -6.21. The SMILES string of the molecule is c1ccc(-c2nc(-c3ccccc3)nc(-c3ccc4sc5ccc6c7ccc(-n8c9ccccc9c9ccccc98)cc7sc6c5c4c3)n2)cc1. The van der Waals surface area contributed by atoms with Gasteiger partial charge in [-0.1, -0.05) is 109 Å². The first-order chi connectivity index (χ1) is 25.3. The number of fused-ring (bicyclic) bond motifs is 10. The average Bonchev–Trinajstić information content (AvgIpc) is 3.87. The van der Waals surface area contributed by atoms with Crippen LogP contribution in [0, 0.1) is 0 Å². The van der Waals surface area contributed by atoms with Crippen molar-refractivity contribution in [2.24, 2.45) is 0 Å². The molecule has 0 unspecified atom stereocenters. The first kappa shape index (κ1) is 28.6. The number of hydrogen-bond acceptors (Lipinski definition) is 5. The maximum absolute atomic E-state index is 5.03. The van der Waals surface area contributed by atoms with Crippen LogP contribution in [0.5, 0.6) is 0 Å². The lowest BCUT2D eigenvalue weighted by Crippen LogP contribution is -2.00. The van der Waals surface area contributed by atoms with Crippen LogP contribution in [0.2, 0.25) is 0 Å². The zero-order valence-corrected chi connectivity index (χ0v) is 28.7. The normalized spacial score (nSPS) is 11.9. The molecule has 0 spiro atoms. The van der Waals surface area contributed by atoms with Crippen molar-refractivity contribution in [1.29, 1.82) is 0 Å². The summed E-state index contributed by atoms with van der Waals surface area (Å²) in [5.41, 5.74) is 6.54. The maximum Gasteiger partial charge on any atom is 0.164 e. The molecule has 0 radical (unpaired) electrons. The van der Waals surface area contributed by atoms with Crippen LogP contribution in [-0.4, -0.2) is 19.5 Å². The van der Waals surface area contributed by atoms with Crippen LogP contribution < -0.4 is 0 Å². The van der Waals surface area contributed by atoms with Gasteiger partial charge in [0.15, 0.2) is 17.5 Å². The van der Waals surface area contributed by atoms with Crippen molar-refractivity contribution in [2.75, 3.05) is 0 Å². The molecule has 0 aliphatic heterocycles. The topological polar surface area (TPSA) is 43.6 Å². The summed E-state index contributed by atoms with van der Waals surface area (Å²) in [6.07, 6.45) is 0. The number of para-hydroxylation sites is 2. The van der Waals surface area contributed by atoms with E-state index in [2.05, 4.69) is 102 Å².